The third kappa shape index (κ3) is 9.85. The molecule has 0 aliphatic carbocycles. The van der Waals surface area contributed by atoms with E-state index in [9.17, 15) is 62.5 Å². The van der Waals surface area contributed by atoms with E-state index in [0.29, 0.717) is 0 Å². The molecule has 0 aromatic rings. The Morgan fingerprint density at radius 2 is 1.20 bits per heavy atom. The highest BCUT2D eigenvalue weighted by atomic mass is 32.3. The molecule has 3 fully saturated rings. The van der Waals surface area contributed by atoms with E-state index in [1.54, 1.807) is 0 Å². The van der Waals surface area contributed by atoms with Crippen LogP contribution in [0.4, 0.5) is 0 Å². The summed E-state index contributed by atoms with van der Waals surface area (Å²) in [6, 6.07) is -1.77. The van der Waals surface area contributed by atoms with E-state index in [0.717, 1.165) is 6.92 Å². The van der Waals surface area contributed by atoms with Gasteiger partial charge in [0.15, 0.2) is 18.9 Å². The van der Waals surface area contributed by atoms with Gasteiger partial charge in [0.25, 0.3) is 0 Å². The minimum absolute atomic E-state index is 0.858. The Labute approximate surface area is 254 Å². The summed E-state index contributed by atoms with van der Waals surface area (Å²) >= 11 is 0. The molecule has 0 aromatic carbocycles. The summed E-state index contributed by atoms with van der Waals surface area (Å²) in [6.45, 7) is -2.20. The first-order valence-corrected chi connectivity index (χ1v) is 15.6. The number of hydrogen-bond donors (Lipinski definition) is 11. The second kappa shape index (κ2) is 15.3. The summed E-state index contributed by atoms with van der Waals surface area (Å²) in [5.74, 6) is -0.858. The summed E-state index contributed by atoms with van der Waals surface area (Å²) in [5.41, 5.74) is 0. The molecule has 23 nitrogen and oxygen atoms in total. The Kier molecular flexibility index (Phi) is 12.9. The van der Waals surface area contributed by atoms with E-state index in [2.05, 4.69) is 13.7 Å². The fourth-order valence-electron chi connectivity index (χ4n) is 4.74. The van der Waals surface area contributed by atoms with Gasteiger partial charge in [-0.15, -0.1) is 0 Å². The Morgan fingerprint density at radius 3 is 1.73 bits per heavy atom. The fourth-order valence-corrected chi connectivity index (χ4v) is 5.35. The zero-order chi connectivity index (χ0) is 34.0. The Morgan fingerprint density at radius 1 is 0.667 bits per heavy atom. The third-order valence-corrected chi connectivity index (χ3v) is 7.76. The van der Waals surface area contributed by atoms with Crippen LogP contribution in [-0.4, -0.2) is 185 Å². The van der Waals surface area contributed by atoms with Gasteiger partial charge in [-0.2, -0.15) is 16.8 Å². The Bertz CT molecular complexity index is 1200. The van der Waals surface area contributed by atoms with Gasteiger partial charge in [0.05, 0.1) is 19.8 Å². The van der Waals surface area contributed by atoms with Gasteiger partial charge in [-0.1, -0.05) is 0 Å². The summed E-state index contributed by atoms with van der Waals surface area (Å²) in [4.78, 5) is 12.0. The molecule has 0 bridgehead atoms. The van der Waals surface area contributed by atoms with Crippen molar-refractivity contribution in [2.45, 2.75) is 99.0 Å². The molecule has 0 saturated carbocycles. The molecular weight excluding hydrogens is 670 g/mol. The van der Waals surface area contributed by atoms with E-state index >= 15 is 0 Å². The molecule has 3 rings (SSSR count). The van der Waals surface area contributed by atoms with Gasteiger partial charge in [-0.05, 0) is 0 Å². The number of aliphatic hydroxyl groups is 8. The molecule has 264 valence electrons. The van der Waals surface area contributed by atoms with Gasteiger partial charge in [0, 0.05) is 6.92 Å². The van der Waals surface area contributed by atoms with Gasteiger partial charge in [0.2, 0.25) is 5.91 Å². The Balaban J connectivity index is 1.93. The molecule has 11 N–H and O–H groups in total. The maximum absolute atomic E-state index is 12.0. The van der Waals surface area contributed by atoms with Gasteiger partial charge in [0.1, 0.15) is 73.2 Å². The van der Waals surface area contributed by atoms with Crippen LogP contribution in [0.5, 0.6) is 0 Å². The molecule has 3 saturated heterocycles. The number of amides is 1. The van der Waals surface area contributed by atoms with Crippen LogP contribution in [0.15, 0.2) is 0 Å². The van der Waals surface area contributed by atoms with Crippen molar-refractivity contribution in [1.82, 2.24) is 5.32 Å². The monoisotopic (exact) mass is 705 g/mol. The lowest BCUT2D eigenvalue weighted by Crippen LogP contribution is -2.69. The van der Waals surface area contributed by atoms with Crippen LogP contribution in [0.1, 0.15) is 6.92 Å². The smallest absolute Gasteiger partial charge is 0.394 e. The predicted molar refractivity (Wildman–Crippen MR) is 134 cm³/mol. The van der Waals surface area contributed by atoms with Crippen molar-refractivity contribution in [2.75, 3.05) is 19.8 Å². The first-order chi connectivity index (χ1) is 20.7. The summed E-state index contributed by atoms with van der Waals surface area (Å²) in [5, 5.41) is 84.7. The van der Waals surface area contributed by atoms with Crippen molar-refractivity contribution >= 4 is 26.7 Å². The maximum atomic E-state index is 12.0. The van der Waals surface area contributed by atoms with Crippen LogP contribution in [0, 0.1) is 0 Å². The lowest BCUT2D eigenvalue weighted by molar-refractivity contribution is -0.364. The number of rotatable bonds is 12. The molecule has 25 heteroatoms. The lowest BCUT2D eigenvalue weighted by atomic mass is 9.94. The minimum atomic E-state index is -5.19. The molecule has 3 aliphatic rings. The molecule has 0 unspecified atom stereocenters. The van der Waals surface area contributed by atoms with E-state index in [-0.39, 0.29) is 0 Å². The highest BCUT2D eigenvalue weighted by molar-refractivity contribution is 7.81. The molecular formula is C20H35NO22S2. The van der Waals surface area contributed by atoms with E-state index in [4.69, 9.17) is 32.8 Å². The quantitative estimate of drug-likeness (QED) is 0.0840. The molecule has 3 aliphatic heterocycles. The standard InChI is InChI=1S/C20H35NO22S2/c1-5(23)21-9-12(26)16(42-20-14(28)13(27)10(24)6(2-22)40-20)8(4-38-45(34,35)36)41-19(9)43-17-11(25)7(3-37-44(31,32)33)39-18(30)15(17)29/h6-20,22,24-30H,2-4H2,1H3,(H,21,23)(H,31,32,33)(H,34,35,36)/t6-,7-,8-,9-,10+,11+,12-,13+,14-,15-,16-,17+,18-,19+,20+/m1/s1. The van der Waals surface area contributed by atoms with E-state index in [1.807, 2.05) is 0 Å². The van der Waals surface area contributed by atoms with Crippen molar-refractivity contribution in [2.24, 2.45) is 0 Å². The van der Waals surface area contributed by atoms with Crippen molar-refractivity contribution in [1.29, 1.82) is 0 Å². The van der Waals surface area contributed by atoms with Crippen LogP contribution in [-0.2, 0) is 57.6 Å². The zero-order valence-electron chi connectivity index (χ0n) is 23.0. The normalized spacial score (nSPS) is 43.1. The van der Waals surface area contributed by atoms with E-state index < -0.39 is 139 Å². The van der Waals surface area contributed by atoms with Crippen LogP contribution < -0.4 is 5.32 Å². The SMILES string of the molecule is CC(=O)N[C@H]1[C@H](O[C@@H]2[C@@H](O)[C@H](O)O[C@H](COS(=O)(=O)O)[C@@H]2O)O[C@H](COS(=O)(=O)O)[C@@H](O[C@@H]2O[C@H](CO)[C@H](O)[C@H](O)[C@H]2O)[C@@H]1O. The van der Waals surface area contributed by atoms with Crippen molar-refractivity contribution in [3.63, 3.8) is 0 Å². The van der Waals surface area contributed by atoms with Crippen molar-refractivity contribution in [3.05, 3.63) is 0 Å². The molecule has 15 atom stereocenters. The van der Waals surface area contributed by atoms with Gasteiger partial charge in [-0.25, -0.2) is 8.37 Å². The lowest BCUT2D eigenvalue weighted by Gasteiger charge is -2.49. The number of hydrogen-bond acceptors (Lipinski definition) is 20. The van der Waals surface area contributed by atoms with Crippen LogP contribution >= 0.6 is 0 Å². The Hall–Kier alpha value is -1.31. The molecule has 0 radical (unpaired) electrons. The summed E-state index contributed by atoms with van der Waals surface area (Å²) < 4.78 is 97.7. The highest BCUT2D eigenvalue weighted by Crippen LogP contribution is 2.32. The summed E-state index contributed by atoms with van der Waals surface area (Å²) in [6.07, 6.45) is -27.3. The number of carbonyl (C=O) groups excluding carboxylic acids is 1. The third-order valence-electron chi connectivity index (χ3n) is 6.90. The average Bonchev–Trinajstić information content (AvgIpc) is 2.93. The molecule has 1 amide bonds. The molecule has 0 aromatic heterocycles. The van der Waals surface area contributed by atoms with Crippen molar-refractivity contribution < 1.29 is 104 Å². The second-order valence-electron chi connectivity index (χ2n) is 10.1. The van der Waals surface area contributed by atoms with Crippen LogP contribution in [0.2, 0.25) is 0 Å². The molecule has 0 spiro atoms. The molecule has 45 heavy (non-hydrogen) atoms. The second-order valence-corrected chi connectivity index (χ2v) is 12.3. The minimum Gasteiger partial charge on any atom is -0.394 e. The number of aliphatic hydroxyl groups excluding tert-OH is 8. The van der Waals surface area contributed by atoms with Gasteiger partial charge < -0.3 is 69.9 Å². The number of carbonyl (C=O) groups is 1. The number of nitrogens with one attached hydrogen (secondary N) is 1. The van der Waals surface area contributed by atoms with Crippen LogP contribution in [0.25, 0.3) is 0 Å². The molecule has 3 heterocycles. The number of ether oxygens (including phenoxy) is 5. The maximum Gasteiger partial charge on any atom is 0.397 e. The largest absolute Gasteiger partial charge is 0.397 e. The topological polar surface area (TPSA) is 364 Å². The first kappa shape index (κ1) is 38.1. The fraction of sp³-hybridized carbons (Fsp3) is 0.950. The van der Waals surface area contributed by atoms with E-state index in [1.165, 1.54) is 0 Å². The first-order valence-electron chi connectivity index (χ1n) is 12.9. The van der Waals surface area contributed by atoms with Gasteiger partial charge >= 0.3 is 20.8 Å². The predicted octanol–water partition coefficient (Wildman–Crippen LogP) is -7.78. The van der Waals surface area contributed by atoms with Crippen molar-refractivity contribution in [3.8, 4) is 0 Å². The van der Waals surface area contributed by atoms with Gasteiger partial charge in [-0.3, -0.25) is 13.9 Å². The average molecular weight is 706 g/mol. The zero-order valence-corrected chi connectivity index (χ0v) is 24.6. The van der Waals surface area contributed by atoms with Crippen LogP contribution in [0.3, 0.4) is 0 Å². The summed E-state index contributed by atoms with van der Waals surface area (Å²) in [7, 11) is -10.3. The highest BCUT2D eigenvalue weighted by Gasteiger charge is 2.54.